The minimum Gasteiger partial charge on any atom is -0.421 e. The highest BCUT2D eigenvalue weighted by Crippen LogP contribution is 2.37. The first-order valence-corrected chi connectivity index (χ1v) is 18.1. The summed E-state index contributed by atoms with van der Waals surface area (Å²) in [4.78, 5) is 0. The number of sulfonamides is 4. The van der Waals surface area contributed by atoms with E-state index in [0.29, 0.717) is 0 Å². The van der Waals surface area contributed by atoms with Gasteiger partial charge in [0.2, 0.25) is 12.7 Å². The lowest BCUT2D eigenvalue weighted by Crippen LogP contribution is -2.31. The number of rotatable bonds is 13. The van der Waals surface area contributed by atoms with Crippen molar-refractivity contribution in [2.24, 2.45) is 0 Å². The number of hydrogen-bond acceptors (Lipinski definition) is 8. The lowest BCUT2D eigenvalue weighted by molar-refractivity contribution is -0.698. The van der Waals surface area contributed by atoms with Gasteiger partial charge < -0.3 is 8.25 Å². The van der Waals surface area contributed by atoms with Gasteiger partial charge in [-0.1, -0.05) is 13.2 Å². The molecule has 0 aliphatic rings. The van der Waals surface area contributed by atoms with Crippen LogP contribution in [0.5, 0.6) is 0 Å². The summed E-state index contributed by atoms with van der Waals surface area (Å²) < 4.78 is 227. The van der Waals surface area contributed by atoms with Crippen LogP contribution < -0.4 is 9.13 Å². The molecule has 0 aliphatic heterocycles. The van der Waals surface area contributed by atoms with E-state index in [1.807, 2.05) is 33.9 Å². The van der Waals surface area contributed by atoms with Gasteiger partial charge in [-0.2, -0.15) is 52.7 Å². The van der Waals surface area contributed by atoms with E-state index in [1.165, 1.54) is 25.7 Å². The smallest absolute Gasteiger partial charge is 0.421 e. The van der Waals surface area contributed by atoms with Gasteiger partial charge in [-0.05, 0) is 25.7 Å². The molecule has 50 heavy (non-hydrogen) atoms. The number of halogens is 12. The van der Waals surface area contributed by atoms with Crippen LogP contribution in [-0.2, 0) is 53.2 Å². The molecule has 2 aromatic heterocycles. The van der Waals surface area contributed by atoms with E-state index in [4.69, 9.17) is 0 Å². The SMILES string of the molecule is C=Cn1cc[n+](CCCCCC[n+]2ccn(C=C)c2)c1.O=S(=O)([N-]S(=O)(=O)C(F)(F)F)C(F)(F)F.O=S(=O)([N-]S(=O)(=O)C(F)(F)F)C(F)(F)F. The van der Waals surface area contributed by atoms with Crippen molar-refractivity contribution in [1.29, 1.82) is 0 Å². The molecule has 0 fully saturated rings. The van der Waals surface area contributed by atoms with E-state index in [1.54, 1.807) is 0 Å². The molecule has 290 valence electrons. The fraction of sp³-hybridized carbons (Fsp3) is 0.500. The molecular formula is C20H24F12N6O8S4. The average molecular weight is 833 g/mol. The quantitative estimate of drug-likeness (QED) is 0.161. The fourth-order valence-corrected chi connectivity index (χ4v) is 6.09. The topological polar surface area (TPSA) is 182 Å². The Bertz CT molecular complexity index is 1640. The number of imidazole rings is 2. The van der Waals surface area contributed by atoms with Gasteiger partial charge in [0, 0.05) is 0 Å². The number of aryl methyl sites for hydroxylation is 2. The molecule has 2 aromatic rings. The van der Waals surface area contributed by atoms with Crippen molar-refractivity contribution in [3.8, 4) is 0 Å². The maximum absolute atomic E-state index is 11.4. The van der Waals surface area contributed by atoms with Gasteiger partial charge >= 0.3 is 22.0 Å². The van der Waals surface area contributed by atoms with Crippen molar-refractivity contribution >= 4 is 52.5 Å². The first-order chi connectivity index (χ1) is 22.2. The van der Waals surface area contributed by atoms with Gasteiger partial charge in [-0.25, -0.2) is 51.9 Å². The largest absolute Gasteiger partial charge is 0.480 e. The summed E-state index contributed by atoms with van der Waals surface area (Å²) in [5, 5.41) is 0. The van der Waals surface area contributed by atoms with Crippen molar-refractivity contribution in [3.05, 3.63) is 58.9 Å². The van der Waals surface area contributed by atoms with Crippen LogP contribution in [0.2, 0.25) is 0 Å². The molecule has 0 atom stereocenters. The Kier molecular flexibility index (Phi) is 16.2. The van der Waals surface area contributed by atoms with Crippen molar-refractivity contribution in [2.45, 2.75) is 60.8 Å². The summed E-state index contributed by atoms with van der Waals surface area (Å²) in [5.74, 6) is 0. The number of unbranched alkanes of at least 4 members (excludes halogenated alkanes) is 3. The Morgan fingerprint density at radius 1 is 0.500 bits per heavy atom. The van der Waals surface area contributed by atoms with Crippen LogP contribution >= 0.6 is 0 Å². The Morgan fingerprint density at radius 2 is 0.740 bits per heavy atom. The van der Waals surface area contributed by atoms with Crippen molar-refractivity contribution < 1.29 is 95.5 Å². The maximum atomic E-state index is 11.4. The van der Waals surface area contributed by atoms with Crippen LogP contribution in [0.1, 0.15) is 25.7 Å². The lowest BCUT2D eigenvalue weighted by Gasteiger charge is -2.22. The molecule has 0 bridgehead atoms. The second-order valence-corrected chi connectivity index (χ2v) is 15.7. The molecule has 0 spiro atoms. The molecule has 0 aromatic carbocycles. The summed E-state index contributed by atoms with van der Waals surface area (Å²) in [6.45, 7) is 9.65. The van der Waals surface area contributed by atoms with Gasteiger partial charge in [0.05, 0.1) is 25.5 Å². The van der Waals surface area contributed by atoms with Gasteiger partial charge in [-0.15, -0.1) is 0 Å². The first kappa shape index (κ1) is 46.8. The Labute approximate surface area is 276 Å². The molecule has 0 amide bonds. The van der Waals surface area contributed by atoms with Crippen LogP contribution in [0, 0.1) is 0 Å². The third kappa shape index (κ3) is 14.9. The first-order valence-electron chi connectivity index (χ1n) is 12.3. The zero-order valence-corrected chi connectivity index (χ0v) is 27.7. The monoisotopic (exact) mass is 832 g/mol. The van der Waals surface area contributed by atoms with Gasteiger partial charge in [-0.3, -0.25) is 0 Å². The average Bonchev–Trinajstić information content (AvgIpc) is 3.57. The molecule has 0 aliphatic carbocycles. The van der Waals surface area contributed by atoms with Gasteiger partial charge in [0.25, 0.3) is 0 Å². The molecule has 0 unspecified atom stereocenters. The maximum Gasteiger partial charge on any atom is 0.480 e. The summed E-state index contributed by atoms with van der Waals surface area (Å²) >= 11 is 0. The Morgan fingerprint density at radius 3 is 0.920 bits per heavy atom. The van der Waals surface area contributed by atoms with Crippen LogP contribution in [0.3, 0.4) is 0 Å². The second-order valence-electron chi connectivity index (χ2n) is 8.81. The third-order valence-corrected chi connectivity index (χ3v) is 10.5. The van der Waals surface area contributed by atoms with Crippen molar-refractivity contribution in [2.75, 3.05) is 0 Å². The van der Waals surface area contributed by atoms with E-state index in [0.717, 1.165) is 21.3 Å². The van der Waals surface area contributed by atoms with Crippen LogP contribution in [0.15, 0.2) is 50.6 Å². The van der Waals surface area contributed by atoms with E-state index in [2.05, 4.69) is 47.3 Å². The molecule has 14 nitrogen and oxygen atoms in total. The molecular weight excluding hydrogens is 808 g/mol. The molecule has 2 rings (SSSR count). The molecule has 0 saturated carbocycles. The highest BCUT2D eigenvalue weighted by molar-refractivity contribution is 8.13. The number of hydrogen-bond donors (Lipinski definition) is 0. The third-order valence-electron chi connectivity index (χ3n) is 4.99. The normalized spacial score (nSPS) is 13.4. The second kappa shape index (κ2) is 17.3. The molecule has 2 heterocycles. The zero-order chi connectivity index (χ0) is 39.6. The standard InChI is InChI=1S/C16H24N4.2C2F6NO4S2/c1-3-17-11-13-19(15-17)9-7-5-6-8-10-20-14-12-18(4-2)16-20;2*3-1(4,5)14(10,11)9-15(12,13)2(6,7)8/h3-4,11-16H,1-2,5-10H2;;/q+2;2*-1. The van der Waals surface area contributed by atoms with E-state index >= 15 is 0 Å². The number of aromatic nitrogens is 4. The summed E-state index contributed by atoms with van der Waals surface area (Å²) in [5.41, 5.74) is -24.8. The lowest BCUT2D eigenvalue weighted by atomic mass is 10.2. The highest BCUT2D eigenvalue weighted by Gasteiger charge is 2.48. The number of nitrogens with zero attached hydrogens (tertiary/aromatic N) is 6. The minimum absolute atomic E-state index is 0.778. The summed E-state index contributed by atoms with van der Waals surface area (Å²) in [6.07, 6.45) is 21.0. The van der Waals surface area contributed by atoms with Crippen molar-refractivity contribution in [1.82, 2.24) is 9.13 Å². The van der Waals surface area contributed by atoms with Gasteiger partial charge in [0.15, 0.2) is 40.1 Å². The van der Waals surface area contributed by atoms with E-state index in [-0.39, 0.29) is 0 Å². The molecule has 0 N–H and O–H groups in total. The Balaban J connectivity index is 0.000000735. The van der Waals surface area contributed by atoms with Crippen molar-refractivity contribution in [3.63, 3.8) is 0 Å². The van der Waals surface area contributed by atoms with E-state index in [9.17, 15) is 86.4 Å². The zero-order valence-electron chi connectivity index (χ0n) is 24.4. The molecule has 0 radical (unpaired) electrons. The fourth-order valence-electron chi connectivity index (χ4n) is 2.67. The Hall–Kier alpha value is -3.22. The summed E-state index contributed by atoms with van der Waals surface area (Å²) in [7, 11) is -26.9. The molecule has 0 saturated heterocycles. The van der Waals surface area contributed by atoms with Gasteiger partial charge in [0.1, 0.15) is 24.8 Å². The van der Waals surface area contributed by atoms with E-state index < -0.39 is 62.1 Å². The predicted molar refractivity (Wildman–Crippen MR) is 147 cm³/mol. The minimum atomic E-state index is -6.72. The van der Waals surface area contributed by atoms with Crippen LogP contribution in [0.25, 0.3) is 20.7 Å². The molecule has 30 heteroatoms. The van der Waals surface area contributed by atoms with Crippen LogP contribution in [-0.4, -0.2) is 64.8 Å². The highest BCUT2D eigenvalue weighted by atomic mass is 32.3. The predicted octanol–water partition coefficient (Wildman–Crippen LogP) is 4.44. The number of alkyl halides is 12. The summed E-state index contributed by atoms with van der Waals surface area (Å²) in [6, 6.07) is 0. The van der Waals surface area contributed by atoms with Crippen LogP contribution in [0.4, 0.5) is 52.7 Å².